The number of nitrogens with two attached hydrogens (primary N) is 1. The Hall–Kier alpha value is -2.38. The molecule has 0 spiro atoms. The van der Waals surface area contributed by atoms with Crippen molar-refractivity contribution in [2.24, 2.45) is 0 Å². The number of carbonyl (C=O) groups is 1. The van der Waals surface area contributed by atoms with E-state index < -0.39 is 5.97 Å². The van der Waals surface area contributed by atoms with Gasteiger partial charge in [-0.15, -0.1) is 0 Å². The minimum Gasteiger partial charge on any atom is -0.478 e. The van der Waals surface area contributed by atoms with Gasteiger partial charge in [-0.25, -0.2) is 14.8 Å². The third kappa shape index (κ3) is 2.93. The summed E-state index contributed by atoms with van der Waals surface area (Å²) in [5.41, 5.74) is 7.66. The molecular weight excluding hydrogens is 384 g/mol. The van der Waals surface area contributed by atoms with E-state index in [4.69, 9.17) is 17.3 Å². The van der Waals surface area contributed by atoms with Gasteiger partial charge in [-0.2, -0.15) is 0 Å². The molecule has 4 N–H and O–H groups in total. The van der Waals surface area contributed by atoms with E-state index in [1.165, 1.54) is 12.3 Å². The lowest BCUT2D eigenvalue weighted by molar-refractivity contribution is 0.0698. The molecule has 0 aliphatic rings. The number of aromatic amines is 1. The second-order valence-electron chi connectivity index (χ2n) is 4.68. The number of anilines is 1. The van der Waals surface area contributed by atoms with Crippen LogP contribution in [0.1, 0.15) is 10.4 Å². The number of H-pyrrole nitrogens is 1. The molecule has 116 valence electrons. The number of nitrogens with zero attached hydrogens (tertiary/aromatic N) is 2. The van der Waals surface area contributed by atoms with Crippen LogP contribution in [-0.4, -0.2) is 26.0 Å². The number of nitrogen functional groups attached to an aromatic ring is 1. The number of rotatable bonds is 3. The largest absolute Gasteiger partial charge is 0.478 e. The van der Waals surface area contributed by atoms with E-state index in [9.17, 15) is 9.90 Å². The van der Waals surface area contributed by atoms with Gasteiger partial charge in [0.2, 0.25) is 5.95 Å². The Labute approximate surface area is 144 Å². The lowest BCUT2D eigenvalue weighted by atomic mass is 10.1. The van der Waals surface area contributed by atoms with Gasteiger partial charge >= 0.3 is 5.97 Å². The topological polar surface area (TPSA) is 105 Å². The summed E-state index contributed by atoms with van der Waals surface area (Å²) in [4.78, 5) is 22.5. The van der Waals surface area contributed by atoms with E-state index in [1.807, 2.05) is 0 Å². The lowest BCUT2D eigenvalue weighted by Gasteiger charge is -2.05. The molecule has 0 saturated heterocycles. The summed E-state index contributed by atoms with van der Waals surface area (Å²) in [5, 5.41) is 9.89. The van der Waals surface area contributed by atoms with E-state index >= 15 is 0 Å². The van der Waals surface area contributed by atoms with Crippen LogP contribution in [0.2, 0.25) is 5.02 Å². The molecule has 0 unspecified atom stereocenters. The molecule has 1 aromatic carbocycles. The van der Waals surface area contributed by atoms with Crippen LogP contribution in [0.5, 0.6) is 0 Å². The smallest absolute Gasteiger partial charge is 0.337 e. The highest BCUT2D eigenvalue weighted by Crippen LogP contribution is 2.36. The van der Waals surface area contributed by atoms with Gasteiger partial charge in [0.05, 0.1) is 27.7 Å². The molecule has 0 bridgehead atoms. The minimum absolute atomic E-state index is 0.0946. The third-order valence-electron chi connectivity index (χ3n) is 3.22. The molecule has 2 heterocycles. The van der Waals surface area contributed by atoms with Crippen molar-refractivity contribution in [1.29, 1.82) is 0 Å². The molecule has 0 radical (unpaired) electrons. The van der Waals surface area contributed by atoms with E-state index in [0.29, 0.717) is 32.1 Å². The normalized spacial score (nSPS) is 10.7. The summed E-state index contributed by atoms with van der Waals surface area (Å²) in [7, 11) is 0. The predicted molar refractivity (Wildman–Crippen MR) is 91.3 cm³/mol. The monoisotopic (exact) mass is 392 g/mol. The van der Waals surface area contributed by atoms with Crippen LogP contribution in [0.25, 0.3) is 22.6 Å². The SMILES string of the molecule is Nc1nccc(-c2cc(C(=O)O)c(-c3cccc(Br)c3Cl)[nH]2)n1. The summed E-state index contributed by atoms with van der Waals surface area (Å²) in [6.07, 6.45) is 1.50. The van der Waals surface area contributed by atoms with Crippen LogP contribution < -0.4 is 5.73 Å². The Bertz CT molecular complexity index is 910. The van der Waals surface area contributed by atoms with Crippen LogP contribution >= 0.6 is 27.5 Å². The Morgan fingerprint density at radius 3 is 2.83 bits per heavy atom. The first kappa shape index (κ1) is 15.5. The second kappa shape index (κ2) is 6.02. The van der Waals surface area contributed by atoms with Gasteiger partial charge in [0.1, 0.15) is 0 Å². The molecule has 0 atom stereocenters. The average Bonchev–Trinajstić information content (AvgIpc) is 2.95. The average molecular weight is 394 g/mol. The van der Waals surface area contributed by atoms with E-state index in [-0.39, 0.29) is 11.5 Å². The third-order valence-corrected chi connectivity index (χ3v) is 4.52. The maximum Gasteiger partial charge on any atom is 0.337 e. The van der Waals surface area contributed by atoms with Crippen molar-refractivity contribution in [2.45, 2.75) is 0 Å². The molecule has 23 heavy (non-hydrogen) atoms. The van der Waals surface area contributed by atoms with Gasteiger partial charge < -0.3 is 15.8 Å². The van der Waals surface area contributed by atoms with E-state index in [2.05, 4.69) is 30.9 Å². The van der Waals surface area contributed by atoms with Gasteiger partial charge in [-0.3, -0.25) is 0 Å². The fourth-order valence-corrected chi connectivity index (χ4v) is 2.78. The quantitative estimate of drug-likeness (QED) is 0.627. The van der Waals surface area contributed by atoms with Gasteiger partial charge in [0.25, 0.3) is 0 Å². The molecule has 8 heteroatoms. The van der Waals surface area contributed by atoms with Crippen LogP contribution in [0.4, 0.5) is 5.95 Å². The Morgan fingerprint density at radius 1 is 1.35 bits per heavy atom. The first-order chi connectivity index (χ1) is 11.0. The molecule has 0 fully saturated rings. The van der Waals surface area contributed by atoms with Crippen molar-refractivity contribution in [3.8, 4) is 22.6 Å². The highest BCUT2D eigenvalue weighted by molar-refractivity contribution is 9.10. The number of carboxylic acid groups (broad SMARTS) is 1. The van der Waals surface area contributed by atoms with Crippen molar-refractivity contribution < 1.29 is 9.90 Å². The minimum atomic E-state index is -1.07. The van der Waals surface area contributed by atoms with Gasteiger partial charge in [0, 0.05) is 16.2 Å². The molecule has 0 aliphatic heterocycles. The molecule has 0 aliphatic carbocycles. The van der Waals surface area contributed by atoms with Gasteiger partial charge in [0.15, 0.2) is 0 Å². The number of hydrogen-bond acceptors (Lipinski definition) is 4. The predicted octanol–water partition coefficient (Wildman–Crippen LogP) is 3.84. The molecule has 0 amide bonds. The first-order valence-electron chi connectivity index (χ1n) is 6.47. The number of aromatic carboxylic acids is 1. The highest BCUT2D eigenvalue weighted by Gasteiger charge is 2.20. The Kier molecular flexibility index (Phi) is 4.06. The highest BCUT2D eigenvalue weighted by atomic mass is 79.9. The number of benzene rings is 1. The molecule has 0 saturated carbocycles. The van der Waals surface area contributed by atoms with Gasteiger partial charge in [-0.1, -0.05) is 23.7 Å². The fraction of sp³-hybridized carbons (Fsp3) is 0. The van der Waals surface area contributed by atoms with Crippen LogP contribution in [0.3, 0.4) is 0 Å². The standard InChI is InChI=1S/C15H10BrClN4O2/c16-9-3-1-2-7(12(9)17)13-8(14(22)23)6-11(20-13)10-4-5-19-15(18)21-10/h1-6,20H,(H,22,23)(H2,18,19,21). The number of halogens is 2. The number of hydrogen-bond donors (Lipinski definition) is 3. The number of aromatic nitrogens is 3. The van der Waals surface area contributed by atoms with Crippen molar-refractivity contribution in [3.05, 3.63) is 51.6 Å². The summed E-state index contributed by atoms with van der Waals surface area (Å²) in [5.74, 6) is -0.961. The molecule has 3 rings (SSSR count). The van der Waals surface area contributed by atoms with Crippen LogP contribution in [0.15, 0.2) is 41.0 Å². The summed E-state index contributed by atoms with van der Waals surface area (Å²) >= 11 is 9.62. The zero-order valence-electron chi connectivity index (χ0n) is 11.5. The maximum atomic E-state index is 11.6. The lowest BCUT2D eigenvalue weighted by Crippen LogP contribution is -1.97. The van der Waals surface area contributed by atoms with Crippen molar-refractivity contribution in [2.75, 3.05) is 5.73 Å². The molecule has 3 aromatic rings. The van der Waals surface area contributed by atoms with Crippen molar-refractivity contribution in [1.82, 2.24) is 15.0 Å². The van der Waals surface area contributed by atoms with Gasteiger partial charge in [-0.05, 0) is 34.1 Å². The Morgan fingerprint density at radius 2 is 2.13 bits per heavy atom. The zero-order chi connectivity index (χ0) is 16.6. The summed E-state index contributed by atoms with van der Waals surface area (Å²) in [6.45, 7) is 0. The van der Waals surface area contributed by atoms with Crippen molar-refractivity contribution in [3.63, 3.8) is 0 Å². The van der Waals surface area contributed by atoms with Crippen molar-refractivity contribution >= 4 is 39.4 Å². The number of nitrogens with one attached hydrogen (secondary N) is 1. The Balaban J connectivity index is 2.21. The van der Waals surface area contributed by atoms with Crippen LogP contribution in [0, 0.1) is 0 Å². The first-order valence-corrected chi connectivity index (χ1v) is 7.64. The summed E-state index contributed by atoms with van der Waals surface area (Å²) in [6, 6.07) is 8.43. The molecule has 6 nitrogen and oxygen atoms in total. The maximum absolute atomic E-state index is 11.6. The number of carboxylic acids is 1. The van der Waals surface area contributed by atoms with E-state index in [0.717, 1.165) is 0 Å². The second-order valence-corrected chi connectivity index (χ2v) is 5.91. The van der Waals surface area contributed by atoms with Crippen LogP contribution in [-0.2, 0) is 0 Å². The summed E-state index contributed by atoms with van der Waals surface area (Å²) < 4.78 is 0.676. The molecular formula is C15H10BrClN4O2. The fourth-order valence-electron chi connectivity index (χ4n) is 2.19. The zero-order valence-corrected chi connectivity index (χ0v) is 13.9. The molecule has 2 aromatic heterocycles. The van der Waals surface area contributed by atoms with E-state index in [1.54, 1.807) is 24.3 Å².